The fourth-order valence-electron chi connectivity index (χ4n) is 0.434. The summed E-state index contributed by atoms with van der Waals surface area (Å²) in [6.07, 6.45) is 0. The molecule has 0 radical (unpaired) electrons. The summed E-state index contributed by atoms with van der Waals surface area (Å²) < 4.78 is 0.659. The summed E-state index contributed by atoms with van der Waals surface area (Å²) in [5.74, 6) is 0.682. The predicted octanol–water partition coefficient (Wildman–Crippen LogP) is 0.633. The number of anilines is 1. The van der Waals surface area contributed by atoms with Crippen LogP contribution >= 0.6 is 15.9 Å². The number of hydrogen-bond acceptors (Lipinski definition) is 3. The topological polar surface area (TPSA) is 44.8 Å². The van der Waals surface area contributed by atoms with Gasteiger partial charge in [0.05, 0.1) is 0 Å². The summed E-state index contributed by atoms with van der Waals surface area (Å²) in [6, 6.07) is 0. The van der Waals surface area contributed by atoms with Gasteiger partial charge in [0, 0.05) is 14.1 Å². The molecule has 50 valence electrons. The molecule has 0 unspecified atom stereocenters. The lowest BCUT2D eigenvalue weighted by molar-refractivity contribution is 0.997. The van der Waals surface area contributed by atoms with Crippen molar-refractivity contribution in [1.82, 2.24) is 15.2 Å². The fraction of sp³-hybridized carbons (Fsp3) is 0.500. The van der Waals surface area contributed by atoms with E-state index in [1.165, 1.54) is 0 Å². The molecule has 0 aliphatic carbocycles. The Balaban J connectivity index is 2.85. The molecular weight excluding hydrogens is 184 g/mol. The van der Waals surface area contributed by atoms with Crippen LogP contribution in [0.4, 0.5) is 5.95 Å². The van der Waals surface area contributed by atoms with Crippen LogP contribution in [-0.2, 0) is 0 Å². The van der Waals surface area contributed by atoms with Gasteiger partial charge in [0.2, 0.25) is 5.95 Å². The molecule has 0 aliphatic rings. The lowest BCUT2D eigenvalue weighted by Crippen LogP contribution is -2.10. The van der Waals surface area contributed by atoms with Crippen molar-refractivity contribution >= 4 is 21.9 Å². The molecule has 5 heteroatoms. The lowest BCUT2D eigenvalue weighted by Gasteiger charge is -2.02. The molecule has 9 heavy (non-hydrogen) atoms. The van der Waals surface area contributed by atoms with Crippen LogP contribution in [0.5, 0.6) is 0 Å². The van der Waals surface area contributed by atoms with Crippen LogP contribution in [0.3, 0.4) is 0 Å². The normalized spacial score (nSPS) is 9.67. The van der Waals surface area contributed by atoms with E-state index in [9.17, 15) is 0 Å². The summed E-state index contributed by atoms with van der Waals surface area (Å²) in [4.78, 5) is 5.81. The Bertz CT molecular complexity index is 194. The minimum Gasteiger partial charge on any atom is -0.346 e. The van der Waals surface area contributed by atoms with Crippen LogP contribution in [0.25, 0.3) is 0 Å². The first kappa shape index (κ1) is 6.54. The summed E-state index contributed by atoms with van der Waals surface area (Å²) in [7, 11) is 3.77. The summed E-state index contributed by atoms with van der Waals surface area (Å²) >= 11 is 3.14. The van der Waals surface area contributed by atoms with E-state index in [1.807, 2.05) is 19.0 Å². The van der Waals surface area contributed by atoms with Crippen molar-refractivity contribution in [3.8, 4) is 0 Å². The summed E-state index contributed by atoms with van der Waals surface area (Å²) in [5, 5.41) is 6.52. The van der Waals surface area contributed by atoms with Crippen LogP contribution in [0.15, 0.2) is 4.73 Å². The van der Waals surface area contributed by atoms with Crippen molar-refractivity contribution in [3.05, 3.63) is 4.73 Å². The Hall–Kier alpha value is -0.580. The first-order valence-corrected chi connectivity index (χ1v) is 3.24. The molecule has 0 aromatic carbocycles. The van der Waals surface area contributed by atoms with Gasteiger partial charge in [-0.25, -0.2) is 0 Å². The number of nitrogens with zero attached hydrogens (tertiary/aromatic N) is 3. The van der Waals surface area contributed by atoms with Gasteiger partial charge in [-0.15, -0.1) is 5.10 Å². The average Bonchev–Trinajstić information content (AvgIpc) is 2.14. The lowest BCUT2D eigenvalue weighted by atomic mass is 10.8. The molecule has 0 bridgehead atoms. The van der Waals surface area contributed by atoms with E-state index in [2.05, 4.69) is 31.1 Å². The zero-order valence-electron chi connectivity index (χ0n) is 5.22. The number of halogens is 1. The van der Waals surface area contributed by atoms with Crippen LogP contribution in [0.2, 0.25) is 0 Å². The van der Waals surface area contributed by atoms with Gasteiger partial charge in [-0.3, -0.25) is 5.10 Å². The van der Waals surface area contributed by atoms with Crippen LogP contribution in [-0.4, -0.2) is 29.3 Å². The minimum absolute atomic E-state index is 0.659. The van der Waals surface area contributed by atoms with E-state index in [1.54, 1.807) is 0 Å². The zero-order chi connectivity index (χ0) is 6.85. The van der Waals surface area contributed by atoms with Crippen molar-refractivity contribution in [3.63, 3.8) is 0 Å². The maximum Gasteiger partial charge on any atom is 0.244 e. The quantitative estimate of drug-likeness (QED) is 0.708. The van der Waals surface area contributed by atoms with Crippen molar-refractivity contribution in [2.45, 2.75) is 0 Å². The van der Waals surface area contributed by atoms with Crippen molar-refractivity contribution in [2.24, 2.45) is 0 Å². The summed E-state index contributed by atoms with van der Waals surface area (Å²) in [6.45, 7) is 0. The molecule has 1 N–H and O–H groups in total. The molecule has 0 saturated carbocycles. The molecule has 0 aliphatic heterocycles. The Labute approximate surface area is 61.4 Å². The van der Waals surface area contributed by atoms with Gasteiger partial charge >= 0.3 is 0 Å². The Kier molecular flexibility index (Phi) is 1.70. The van der Waals surface area contributed by atoms with E-state index in [0.717, 1.165) is 0 Å². The number of aromatic amines is 1. The van der Waals surface area contributed by atoms with Crippen molar-refractivity contribution in [2.75, 3.05) is 19.0 Å². The Morgan fingerprint density at radius 3 is 2.44 bits per heavy atom. The highest BCUT2D eigenvalue weighted by molar-refractivity contribution is 9.10. The molecule has 1 heterocycles. The molecule has 0 amide bonds. The fourth-order valence-corrected chi connectivity index (χ4v) is 0.681. The number of aromatic nitrogens is 3. The molecular formula is C4H7BrN4. The highest BCUT2D eigenvalue weighted by atomic mass is 79.9. The first-order chi connectivity index (χ1) is 4.20. The minimum atomic E-state index is 0.659. The van der Waals surface area contributed by atoms with E-state index < -0.39 is 0 Å². The van der Waals surface area contributed by atoms with Gasteiger partial charge in [-0.1, -0.05) is 0 Å². The van der Waals surface area contributed by atoms with Gasteiger partial charge < -0.3 is 4.90 Å². The van der Waals surface area contributed by atoms with E-state index in [-0.39, 0.29) is 0 Å². The highest BCUT2D eigenvalue weighted by Crippen LogP contribution is 2.05. The van der Waals surface area contributed by atoms with E-state index >= 15 is 0 Å². The van der Waals surface area contributed by atoms with Gasteiger partial charge in [0.1, 0.15) is 0 Å². The maximum atomic E-state index is 3.99. The second-order valence-electron chi connectivity index (χ2n) is 1.82. The maximum absolute atomic E-state index is 3.99. The van der Waals surface area contributed by atoms with Crippen molar-refractivity contribution < 1.29 is 0 Å². The summed E-state index contributed by atoms with van der Waals surface area (Å²) in [5.41, 5.74) is 0. The predicted molar refractivity (Wildman–Crippen MR) is 38.4 cm³/mol. The molecule has 1 rings (SSSR count). The number of rotatable bonds is 1. The third-order valence-corrected chi connectivity index (χ3v) is 1.20. The molecule has 0 spiro atoms. The third-order valence-electron chi connectivity index (χ3n) is 0.846. The number of nitrogens with one attached hydrogen (secondary N) is 1. The van der Waals surface area contributed by atoms with Crippen molar-refractivity contribution in [1.29, 1.82) is 0 Å². The van der Waals surface area contributed by atoms with Gasteiger partial charge in [-0.05, 0) is 15.9 Å². The standard InChI is InChI=1S/C4H7BrN4/c1-9(2)4-6-3(5)7-8-4/h1-2H3,(H,6,7,8). The monoisotopic (exact) mass is 190 g/mol. The van der Waals surface area contributed by atoms with E-state index in [4.69, 9.17) is 0 Å². The molecule has 0 saturated heterocycles. The molecule has 0 fully saturated rings. The van der Waals surface area contributed by atoms with E-state index in [0.29, 0.717) is 10.7 Å². The van der Waals surface area contributed by atoms with Gasteiger partial charge in [-0.2, -0.15) is 4.98 Å². The molecule has 4 nitrogen and oxygen atoms in total. The third kappa shape index (κ3) is 1.41. The van der Waals surface area contributed by atoms with Gasteiger partial charge in [0.25, 0.3) is 0 Å². The Morgan fingerprint density at radius 2 is 2.22 bits per heavy atom. The van der Waals surface area contributed by atoms with Gasteiger partial charge in [0.15, 0.2) is 4.73 Å². The number of H-pyrrole nitrogens is 1. The molecule has 1 aromatic heterocycles. The number of hydrogen-bond donors (Lipinski definition) is 1. The Morgan fingerprint density at radius 1 is 1.56 bits per heavy atom. The molecule has 0 atom stereocenters. The smallest absolute Gasteiger partial charge is 0.244 e. The second kappa shape index (κ2) is 2.34. The highest BCUT2D eigenvalue weighted by Gasteiger charge is 1.99. The van der Waals surface area contributed by atoms with Crippen LogP contribution in [0.1, 0.15) is 0 Å². The SMILES string of the molecule is CN(C)c1n[nH]c(Br)n1. The largest absolute Gasteiger partial charge is 0.346 e. The molecule has 1 aromatic rings. The zero-order valence-corrected chi connectivity index (χ0v) is 6.81. The average molecular weight is 191 g/mol. The first-order valence-electron chi connectivity index (χ1n) is 2.45. The van der Waals surface area contributed by atoms with Crippen LogP contribution < -0.4 is 4.90 Å². The second-order valence-corrected chi connectivity index (χ2v) is 2.57. The van der Waals surface area contributed by atoms with Crippen LogP contribution in [0, 0.1) is 0 Å².